The number of hydrogen-bond acceptors (Lipinski definition) is 2. The molecule has 2 heteroatoms. The van der Waals surface area contributed by atoms with Crippen LogP contribution in [0, 0.1) is 11.8 Å². The van der Waals surface area contributed by atoms with E-state index in [1.165, 1.54) is 11.1 Å². The second-order valence-corrected chi connectivity index (χ2v) is 9.63. The Bertz CT molecular complexity index is 728. The molecule has 160 valence electrons. The number of rotatable bonds is 10. The van der Waals surface area contributed by atoms with Crippen LogP contribution < -0.4 is 0 Å². The SMILES string of the molecule is CCCC(C)(c1ccc(O)c(CCC(C)C)c1)c1ccc(O)c(CCC(C)C)c1. The molecule has 0 heterocycles. The van der Waals surface area contributed by atoms with E-state index in [4.69, 9.17) is 0 Å². The van der Waals surface area contributed by atoms with Crippen LogP contribution in [0.3, 0.4) is 0 Å². The third kappa shape index (κ3) is 6.01. The van der Waals surface area contributed by atoms with Crippen LogP contribution in [-0.2, 0) is 18.3 Å². The summed E-state index contributed by atoms with van der Waals surface area (Å²) in [5, 5.41) is 20.8. The van der Waals surface area contributed by atoms with Crippen molar-refractivity contribution in [3.05, 3.63) is 58.7 Å². The van der Waals surface area contributed by atoms with E-state index in [1.807, 2.05) is 12.1 Å². The Morgan fingerprint density at radius 3 is 1.52 bits per heavy atom. The van der Waals surface area contributed by atoms with Crippen LogP contribution >= 0.6 is 0 Å². The summed E-state index contributed by atoms with van der Waals surface area (Å²) in [6.45, 7) is 13.4. The second-order valence-electron chi connectivity index (χ2n) is 9.63. The predicted octanol–water partition coefficient (Wildman–Crippen LogP) is 7.38. The van der Waals surface area contributed by atoms with Crippen molar-refractivity contribution in [1.82, 2.24) is 0 Å². The Hall–Kier alpha value is -1.96. The van der Waals surface area contributed by atoms with Gasteiger partial charge in [-0.15, -0.1) is 0 Å². The van der Waals surface area contributed by atoms with E-state index in [1.54, 1.807) is 0 Å². The predicted molar refractivity (Wildman–Crippen MR) is 124 cm³/mol. The summed E-state index contributed by atoms with van der Waals surface area (Å²) < 4.78 is 0. The number of aryl methyl sites for hydroxylation is 2. The molecule has 29 heavy (non-hydrogen) atoms. The molecule has 0 atom stereocenters. The molecule has 0 aliphatic heterocycles. The van der Waals surface area contributed by atoms with E-state index in [-0.39, 0.29) is 5.41 Å². The third-order valence-electron chi connectivity index (χ3n) is 6.17. The number of phenols is 2. The van der Waals surface area contributed by atoms with Gasteiger partial charge in [0.2, 0.25) is 0 Å². The summed E-state index contributed by atoms with van der Waals surface area (Å²) in [5.74, 6) is 2.02. The molecule has 0 fully saturated rings. The highest BCUT2D eigenvalue weighted by atomic mass is 16.3. The minimum Gasteiger partial charge on any atom is -0.508 e. The molecule has 0 spiro atoms. The number of benzene rings is 2. The van der Waals surface area contributed by atoms with Crippen molar-refractivity contribution >= 4 is 0 Å². The quantitative estimate of drug-likeness (QED) is 0.440. The van der Waals surface area contributed by atoms with E-state index in [9.17, 15) is 10.2 Å². The van der Waals surface area contributed by atoms with Gasteiger partial charge in [-0.3, -0.25) is 0 Å². The molecule has 0 aliphatic carbocycles. The van der Waals surface area contributed by atoms with Gasteiger partial charge in [0.05, 0.1) is 0 Å². The molecule has 0 radical (unpaired) electrons. The fourth-order valence-electron chi connectivity index (χ4n) is 4.10. The van der Waals surface area contributed by atoms with Crippen LogP contribution in [0.5, 0.6) is 11.5 Å². The molecule has 2 nitrogen and oxygen atoms in total. The van der Waals surface area contributed by atoms with Crippen molar-refractivity contribution in [3.63, 3.8) is 0 Å². The molecule has 0 aliphatic rings. The third-order valence-corrected chi connectivity index (χ3v) is 6.17. The zero-order chi connectivity index (χ0) is 21.6. The van der Waals surface area contributed by atoms with E-state index < -0.39 is 0 Å². The van der Waals surface area contributed by atoms with Crippen LogP contribution in [-0.4, -0.2) is 10.2 Å². The van der Waals surface area contributed by atoms with Gasteiger partial charge in [0.1, 0.15) is 11.5 Å². The summed E-state index contributed by atoms with van der Waals surface area (Å²) in [5.41, 5.74) is 4.43. The minimum absolute atomic E-state index is 0.144. The van der Waals surface area contributed by atoms with Crippen molar-refractivity contribution in [1.29, 1.82) is 0 Å². The topological polar surface area (TPSA) is 40.5 Å². The summed E-state index contributed by atoms with van der Waals surface area (Å²) in [6.07, 6.45) is 6.03. The van der Waals surface area contributed by atoms with Gasteiger partial charge < -0.3 is 10.2 Å². The van der Waals surface area contributed by atoms with Crippen LogP contribution in [0.1, 0.15) is 89.5 Å². The molecule has 0 saturated carbocycles. The highest BCUT2D eigenvalue weighted by Gasteiger charge is 2.29. The number of aromatic hydroxyl groups is 2. The zero-order valence-electron chi connectivity index (χ0n) is 19.3. The van der Waals surface area contributed by atoms with Gasteiger partial charge >= 0.3 is 0 Å². The van der Waals surface area contributed by atoms with Crippen molar-refractivity contribution < 1.29 is 10.2 Å². The Morgan fingerprint density at radius 1 is 0.759 bits per heavy atom. The normalized spacial score (nSPS) is 12.1. The van der Waals surface area contributed by atoms with Crippen molar-refractivity contribution in [2.75, 3.05) is 0 Å². The molecular formula is C27H40O2. The molecule has 0 bridgehead atoms. The monoisotopic (exact) mass is 396 g/mol. The molecule has 2 aromatic rings. The highest BCUT2D eigenvalue weighted by molar-refractivity contribution is 5.47. The lowest BCUT2D eigenvalue weighted by atomic mass is 9.72. The van der Waals surface area contributed by atoms with Gasteiger partial charge in [-0.1, -0.05) is 72.2 Å². The molecular weight excluding hydrogens is 356 g/mol. The lowest BCUT2D eigenvalue weighted by Crippen LogP contribution is -2.24. The largest absolute Gasteiger partial charge is 0.508 e. The van der Waals surface area contributed by atoms with Crippen molar-refractivity contribution in [2.24, 2.45) is 11.8 Å². The summed E-state index contributed by atoms with van der Waals surface area (Å²) in [7, 11) is 0. The lowest BCUT2D eigenvalue weighted by Gasteiger charge is -2.32. The fraction of sp³-hybridized carbons (Fsp3) is 0.556. The second kappa shape index (κ2) is 10.2. The molecule has 0 unspecified atom stereocenters. The Kier molecular flexibility index (Phi) is 8.19. The number of phenolic OH excluding ortho intramolecular Hbond substituents is 2. The lowest BCUT2D eigenvalue weighted by molar-refractivity contribution is 0.457. The van der Waals surface area contributed by atoms with E-state index in [2.05, 4.69) is 65.8 Å². The van der Waals surface area contributed by atoms with E-state index in [0.29, 0.717) is 23.3 Å². The first-order chi connectivity index (χ1) is 13.7. The van der Waals surface area contributed by atoms with Gasteiger partial charge in [0.25, 0.3) is 0 Å². The first-order valence-electron chi connectivity index (χ1n) is 11.3. The Balaban J connectivity index is 2.46. The van der Waals surface area contributed by atoms with Gasteiger partial charge in [-0.2, -0.15) is 0 Å². The molecule has 0 amide bonds. The Labute approximate surface area is 178 Å². The summed E-state index contributed by atoms with van der Waals surface area (Å²) in [4.78, 5) is 0. The standard InChI is InChI=1S/C27H40O2/c1-7-16-27(6,23-12-14-25(28)21(17-23)10-8-19(2)3)24-13-15-26(29)22(18-24)11-9-20(4)5/h12-15,17-20,28-29H,7-11,16H2,1-6H3. The number of hydrogen-bond donors (Lipinski definition) is 2. The molecule has 0 aromatic heterocycles. The van der Waals surface area contributed by atoms with Crippen LogP contribution in [0.15, 0.2) is 36.4 Å². The molecule has 0 saturated heterocycles. The van der Waals surface area contributed by atoms with E-state index >= 15 is 0 Å². The minimum atomic E-state index is -0.144. The van der Waals surface area contributed by atoms with Gasteiger partial charge in [0.15, 0.2) is 0 Å². The van der Waals surface area contributed by atoms with Gasteiger partial charge in [0, 0.05) is 5.41 Å². The Morgan fingerprint density at radius 2 is 1.17 bits per heavy atom. The zero-order valence-corrected chi connectivity index (χ0v) is 19.3. The average molecular weight is 397 g/mol. The van der Waals surface area contributed by atoms with Crippen molar-refractivity contribution in [3.8, 4) is 11.5 Å². The van der Waals surface area contributed by atoms with Crippen LogP contribution in [0.2, 0.25) is 0 Å². The molecule has 2 rings (SSSR count). The summed E-state index contributed by atoms with van der Waals surface area (Å²) in [6, 6.07) is 12.3. The smallest absolute Gasteiger partial charge is 0.118 e. The van der Waals surface area contributed by atoms with E-state index in [0.717, 1.165) is 49.7 Å². The van der Waals surface area contributed by atoms with Crippen molar-refractivity contribution in [2.45, 2.75) is 85.5 Å². The van der Waals surface area contributed by atoms with Gasteiger partial charge in [-0.25, -0.2) is 0 Å². The molecule has 2 N–H and O–H groups in total. The maximum atomic E-state index is 10.4. The summed E-state index contributed by atoms with van der Waals surface area (Å²) >= 11 is 0. The molecule has 2 aromatic carbocycles. The van der Waals surface area contributed by atoms with Crippen LogP contribution in [0.4, 0.5) is 0 Å². The maximum absolute atomic E-state index is 10.4. The highest BCUT2D eigenvalue weighted by Crippen LogP contribution is 2.40. The fourth-order valence-corrected chi connectivity index (χ4v) is 4.10. The van der Waals surface area contributed by atoms with Crippen LogP contribution in [0.25, 0.3) is 0 Å². The van der Waals surface area contributed by atoms with Gasteiger partial charge in [-0.05, 0) is 78.3 Å². The first-order valence-corrected chi connectivity index (χ1v) is 11.3. The first kappa shape index (κ1) is 23.3. The average Bonchev–Trinajstić information content (AvgIpc) is 2.66. The maximum Gasteiger partial charge on any atom is 0.118 e.